The summed E-state index contributed by atoms with van der Waals surface area (Å²) < 4.78 is 12.7. The number of fused-ring (bicyclic) bond motifs is 1. The van der Waals surface area contributed by atoms with Crippen molar-refractivity contribution in [2.75, 3.05) is 19.0 Å². The normalized spacial score (nSPS) is 15.5. The Morgan fingerprint density at radius 3 is 2.88 bits per heavy atom. The average Bonchev–Trinajstić information content (AvgIpc) is 2.72. The first-order valence-electron chi connectivity index (χ1n) is 8.22. The van der Waals surface area contributed by atoms with Gasteiger partial charge in [0.15, 0.2) is 0 Å². The summed E-state index contributed by atoms with van der Waals surface area (Å²) >= 11 is 0. The van der Waals surface area contributed by atoms with E-state index in [9.17, 15) is 9.59 Å². The third-order valence-electron chi connectivity index (χ3n) is 4.12. The molecule has 0 aliphatic carbocycles. The highest BCUT2D eigenvalue weighted by molar-refractivity contribution is 5.88. The molecule has 1 aliphatic heterocycles. The van der Waals surface area contributed by atoms with E-state index in [2.05, 4.69) is 10.3 Å². The molecule has 2 amide bonds. The largest absolute Gasteiger partial charge is 0.497 e. The highest BCUT2D eigenvalue weighted by Crippen LogP contribution is 2.32. The Bertz CT molecular complexity index is 891. The van der Waals surface area contributed by atoms with Gasteiger partial charge >= 0.3 is 6.03 Å². The second-order valence-corrected chi connectivity index (χ2v) is 6.81. The number of nitrogens with zero attached hydrogens (tertiary/aromatic N) is 3. The van der Waals surface area contributed by atoms with Gasteiger partial charge in [-0.1, -0.05) is 0 Å². The molecule has 2 aromatic rings. The summed E-state index contributed by atoms with van der Waals surface area (Å²) in [5, 5.41) is 2.60. The van der Waals surface area contributed by atoms with Crippen molar-refractivity contribution in [1.29, 1.82) is 0 Å². The molecule has 1 aliphatic rings. The van der Waals surface area contributed by atoms with Crippen LogP contribution in [0, 0.1) is 0 Å². The maximum atomic E-state index is 12.8. The van der Waals surface area contributed by atoms with E-state index in [1.165, 1.54) is 17.0 Å². The van der Waals surface area contributed by atoms with Crippen LogP contribution in [0.5, 0.6) is 11.5 Å². The van der Waals surface area contributed by atoms with Gasteiger partial charge in [0.2, 0.25) is 5.82 Å². The number of aryl methyl sites for hydroxylation is 1. The minimum atomic E-state index is -0.607. The summed E-state index contributed by atoms with van der Waals surface area (Å²) in [5.74, 6) is 1.37. The fourth-order valence-corrected chi connectivity index (χ4v) is 2.85. The predicted octanol–water partition coefficient (Wildman–Crippen LogP) is 1.99. The molecular weight excluding hydrogens is 336 g/mol. The van der Waals surface area contributed by atoms with Crippen molar-refractivity contribution in [3.63, 3.8) is 0 Å². The summed E-state index contributed by atoms with van der Waals surface area (Å²) in [6.07, 6.45) is 3.00. The number of benzene rings is 1. The van der Waals surface area contributed by atoms with Gasteiger partial charge in [0, 0.05) is 31.1 Å². The molecule has 0 bridgehead atoms. The lowest BCUT2D eigenvalue weighted by Gasteiger charge is -2.29. The molecule has 0 saturated heterocycles. The fourth-order valence-electron chi connectivity index (χ4n) is 2.85. The average molecular weight is 358 g/mol. The Balaban J connectivity index is 1.88. The summed E-state index contributed by atoms with van der Waals surface area (Å²) in [6.45, 7) is 4.51. The Morgan fingerprint density at radius 2 is 2.15 bits per heavy atom. The van der Waals surface area contributed by atoms with Gasteiger partial charge in [-0.3, -0.25) is 10.1 Å². The standard InChI is InChI=1S/C18H22N4O4/c1-18(2)11-22(10-12-5-6-13(25-4)9-14(12)26-18)17(24)20-15-16(23)21(3)8-7-19-15/h5-9H,10-11H2,1-4H3,(H,19,20,24). The van der Waals surface area contributed by atoms with Crippen LogP contribution in [0.4, 0.5) is 10.6 Å². The second-order valence-electron chi connectivity index (χ2n) is 6.81. The number of rotatable bonds is 2. The van der Waals surface area contributed by atoms with Crippen LogP contribution in [0.15, 0.2) is 35.4 Å². The zero-order valence-electron chi connectivity index (χ0n) is 15.3. The fraction of sp³-hybridized carbons (Fsp3) is 0.389. The van der Waals surface area contributed by atoms with E-state index in [0.29, 0.717) is 24.6 Å². The molecule has 0 unspecified atom stereocenters. The number of amides is 2. The van der Waals surface area contributed by atoms with E-state index in [4.69, 9.17) is 9.47 Å². The van der Waals surface area contributed by atoms with Gasteiger partial charge in [0.05, 0.1) is 20.2 Å². The van der Waals surface area contributed by atoms with Crippen molar-refractivity contribution in [3.05, 3.63) is 46.5 Å². The van der Waals surface area contributed by atoms with Crippen molar-refractivity contribution in [2.24, 2.45) is 7.05 Å². The lowest BCUT2D eigenvalue weighted by Crippen LogP contribution is -2.45. The van der Waals surface area contributed by atoms with Crippen LogP contribution in [-0.2, 0) is 13.6 Å². The second kappa shape index (κ2) is 6.70. The summed E-state index contributed by atoms with van der Waals surface area (Å²) in [7, 11) is 3.20. The first-order chi connectivity index (χ1) is 12.3. The Hall–Kier alpha value is -3.03. The molecule has 1 N–H and O–H groups in total. The monoisotopic (exact) mass is 358 g/mol. The van der Waals surface area contributed by atoms with Gasteiger partial charge < -0.3 is 18.9 Å². The van der Waals surface area contributed by atoms with Gasteiger partial charge in [0.1, 0.15) is 17.1 Å². The zero-order chi connectivity index (χ0) is 18.9. The van der Waals surface area contributed by atoms with Crippen LogP contribution in [0.2, 0.25) is 0 Å². The first kappa shape index (κ1) is 17.8. The van der Waals surface area contributed by atoms with E-state index in [1.54, 1.807) is 19.1 Å². The van der Waals surface area contributed by atoms with Crippen LogP contribution < -0.4 is 20.3 Å². The third kappa shape index (κ3) is 3.63. The molecule has 8 nitrogen and oxygen atoms in total. The van der Waals surface area contributed by atoms with Gasteiger partial charge in [-0.05, 0) is 26.0 Å². The smallest absolute Gasteiger partial charge is 0.323 e. The number of hydrogen-bond donors (Lipinski definition) is 1. The molecule has 1 aromatic heterocycles. The molecule has 2 heterocycles. The van der Waals surface area contributed by atoms with Crippen LogP contribution in [0.1, 0.15) is 19.4 Å². The molecule has 1 aromatic carbocycles. The number of carbonyl (C=O) groups is 1. The van der Waals surface area contributed by atoms with Crippen LogP contribution in [-0.4, -0.2) is 39.7 Å². The zero-order valence-corrected chi connectivity index (χ0v) is 15.3. The minimum Gasteiger partial charge on any atom is -0.497 e. The van der Waals surface area contributed by atoms with Crippen molar-refractivity contribution in [1.82, 2.24) is 14.5 Å². The maximum Gasteiger partial charge on any atom is 0.323 e. The predicted molar refractivity (Wildman–Crippen MR) is 96.6 cm³/mol. The Labute approximate surface area is 151 Å². The van der Waals surface area contributed by atoms with Crippen molar-refractivity contribution >= 4 is 11.8 Å². The van der Waals surface area contributed by atoms with E-state index in [0.717, 1.165) is 5.56 Å². The summed E-state index contributed by atoms with van der Waals surface area (Å²) in [4.78, 5) is 30.4. The number of nitrogens with one attached hydrogen (secondary N) is 1. The van der Waals surface area contributed by atoms with E-state index in [1.807, 2.05) is 32.0 Å². The Morgan fingerprint density at radius 1 is 1.38 bits per heavy atom. The number of methoxy groups -OCH3 is 1. The van der Waals surface area contributed by atoms with Crippen molar-refractivity contribution in [3.8, 4) is 11.5 Å². The van der Waals surface area contributed by atoms with Crippen LogP contribution in [0.3, 0.4) is 0 Å². The number of anilines is 1. The molecule has 26 heavy (non-hydrogen) atoms. The van der Waals surface area contributed by atoms with Crippen molar-refractivity contribution < 1.29 is 14.3 Å². The van der Waals surface area contributed by atoms with Crippen LogP contribution >= 0.6 is 0 Å². The molecule has 3 rings (SSSR count). The summed E-state index contributed by atoms with van der Waals surface area (Å²) in [5.41, 5.74) is -0.110. The molecule has 0 radical (unpaired) electrons. The number of urea groups is 1. The topological polar surface area (TPSA) is 85.7 Å². The third-order valence-corrected chi connectivity index (χ3v) is 4.12. The number of carbonyl (C=O) groups excluding carboxylic acids is 1. The number of hydrogen-bond acceptors (Lipinski definition) is 5. The minimum absolute atomic E-state index is 0.00192. The van der Waals surface area contributed by atoms with E-state index < -0.39 is 11.6 Å². The lowest BCUT2D eigenvalue weighted by molar-refractivity contribution is 0.0832. The highest BCUT2D eigenvalue weighted by atomic mass is 16.5. The number of ether oxygens (including phenoxy) is 2. The molecule has 0 saturated carbocycles. The first-order valence-corrected chi connectivity index (χ1v) is 8.22. The van der Waals surface area contributed by atoms with Crippen LogP contribution in [0.25, 0.3) is 0 Å². The molecule has 0 fully saturated rings. The molecule has 8 heteroatoms. The van der Waals surface area contributed by atoms with Gasteiger partial charge in [-0.2, -0.15) is 0 Å². The SMILES string of the molecule is COc1ccc2c(c1)OC(C)(C)CN(C(=O)Nc1nccn(C)c1=O)C2. The molecule has 138 valence electrons. The lowest BCUT2D eigenvalue weighted by atomic mass is 10.1. The highest BCUT2D eigenvalue weighted by Gasteiger charge is 2.32. The van der Waals surface area contributed by atoms with Gasteiger partial charge in [-0.25, -0.2) is 9.78 Å². The maximum absolute atomic E-state index is 12.8. The quantitative estimate of drug-likeness (QED) is 0.887. The number of aromatic nitrogens is 2. The Kier molecular flexibility index (Phi) is 4.58. The van der Waals surface area contributed by atoms with E-state index >= 15 is 0 Å². The van der Waals surface area contributed by atoms with Gasteiger partial charge in [-0.15, -0.1) is 0 Å². The van der Waals surface area contributed by atoms with E-state index in [-0.39, 0.29) is 11.4 Å². The summed E-state index contributed by atoms with van der Waals surface area (Å²) in [6, 6.07) is 5.11. The molecule has 0 atom stereocenters. The molecule has 0 spiro atoms. The van der Waals surface area contributed by atoms with Crippen molar-refractivity contribution in [2.45, 2.75) is 26.0 Å². The molecular formula is C18H22N4O4. The van der Waals surface area contributed by atoms with Gasteiger partial charge in [0.25, 0.3) is 5.56 Å².